The van der Waals surface area contributed by atoms with Crippen LogP contribution in [-0.4, -0.2) is 12.6 Å². The number of halogens is 1. The first-order valence-corrected chi connectivity index (χ1v) is 5.95. The normalized spacial score (nSPS) is 13.6. The quantitative estimate of drug-likeness (QED) is 0.876. The van der Waals surface area contributed by atoms with Gasteiger partial charge >= 0.3 is 0 Å². The summed E-state index contributed by atoms with van der Waals surface area (Å²) >= 11 is 5.18. The van der Waals surface area contributed by atoms with E-state index in [1.165, 1.54) is 4.88 Å². The molecule has 0 saturated heterocycles. The SMILES string of the molecule is CC(C)NC(CN)c1ccc(Br)s1. The van der Waals surface area contributed by atoms with Crippen LogP contribution in [0.4, 0.5) is 0 Å². The lowest BCUT2D eigenvalue weighted by molar-refractivity contribution is 0.489. The van der Waals surface area contributed by atoms with E-state index in [1.807, 2.05) is 0 Å². The molecule has 0 fully saturated rings. The third kappa shape index (κ3) is 3.38. The van der Waals surface area contributed by atoms with Gasteiger partial charge in [-0.15, -0.1) is 11.3 Å². The summed E-state index contributed by atoms with van der Waals surface area (Å²) in [7, 11) is 0. The fourth-order valence-electron chi connectivity index (χ4n) is 1.18. The summed E-state index contributed by atoms with van der Waals surface area (Å²) in [5.74, 6) is 0. The van der Waals surface area contributed by atoms with Crippen molar-refractivity contribution in [1.82, 2.24) is 5.32 Å². The molecule has 0 bridgehead atoms. The molecule has 1 heterocycles. The summed E-state index contributed by atoms with van der Waals surface area (Å²) in [4.78, 5) is 1.29. The fraction of sp³-hybridized carbons (Fsp3) is 0.556. The predicted molar refractivity (Wildman–Crippen MR) is 62.1 cm³/mol. The maximum atomic E-state index is 5.69. The van der Waals surface area contributed by atoms with E-state index in [4.69, 9.17) is 5.73 Å². The van der Waals surface area contributed by atoms with E-state index < -0.39 is 0 Å². The van der Waals surface area contributed by atoms with Gasteiger partial charge < -0.3 is 11.1 Å². The fourth-order valence-corrected chi connectivity index (χ4v) is 2.68. The van der Waals surface area contributed by atoms with Gasteiger partial charge in [0.05, 0.1) is 9.83 Å². The van der Waals surface area contributed by atoms with Crippen molar-refractivity contribution in [2.24, 2.45) is 5.73 Å². The van der Waals surface area contributed by atoms with Crippen molar-refractivity contribution in [1.29, 1.82) is 0 Å². The topological polar surface area (TPSA) is 38.0 Å². The zero-order valence-corrected chi connectivity index (χ0v) is 10.3. The molecule has 2 nitrogen and oxygen atoms in total. The molecule has 3 N–H and O–H groups in total. The van der Waals surface area contributed by atoms with Crippen LogP contribution in [0.3, 0.4) is 0 Å². The van der Waals surface area contributed by atoms with Gasteiger partial charge in [-0.25, -0.2) is 0 Å². The lowest BCUT2D eigenvalue weighted by Gasteiger charge is -2.17. The van der Waals surface area contributed by atoms with Crippen molar-refractivity contribution in [3.63, 3.8) is 0 Å². The highest BCUT2D eigenvalue weighted by Gasteiger charge is 2.12. The zero-order chi connectivity index (χ0) is 9.84. The van der Waals surface area contributed by atoms with Crippen LogP contribution in [-0.2, 0) is 0 Å². The van der Waals surface area contributed by atoms with Crippen LogP contribution >= 0.6 is 27.3 Å². The van der Waals surface area contributed by atoms with Gasteiger partial charge in [0.2, 0.25) is 0 Å². The largest absolute Gasteiger partial charge is 0.329 e. The lowest BCUT2D eigenvalue weighted by atomic mass is 10.2. The predicted octanol–water partition coefficient (Wildman–Crippen LogP) is 2.51. The maximum absolute atomic E-state index is 5.69. The number of nitrogens with two attached hydrogens (primary N) is 1. The molecular formula is C9H15BrN2S. The molecule has 1 aromatic heterocycles. The van der Waals surface area contributed by atoms with Gasteiger partial charge in [0.25, 0.3) is 0 Å². The second-order valence-corrected chi connectivity index (χ2v) is 5.75. The molecule has 0 aliphatic carbocycles. The van der Waals surface area contributed by atoms with Crippen molar-refractivity contribution in [2.45, 2.75) is 25.9 Å². The Balaban J connectivity index is 2.66. The molecule has 0 radical (unpaired) electrons. The summed E-state index contributed by atoms with van der Waals surface area (Å²) in [5, 5.41) is 3.42. The van der Waals surface area contributed by atoms with E-state index in [0.29, 0.717) is 12.6 Å². The van der Waals surface area contributed by atoms with Crippen LogP contribution in [0.25, 0.3) is 0 Å². The highest BCUT2D eigenvalue weighted by Crippen LogP contribution is 2.26. The van der Waals surface area contributed by atoms with Crippen molar-refractivity contribution in [2.75, 3.05) is 6.54 Å². The van der Waals surface area contributed by atoms with Crippen molar-refractivity contribution >= 4 is 27.3 Å². The Morgan fingerprint density at radius 1 is 1.54 bits per heavy atom. The van der Waals surface area contributed by atoms with E-state index in [9.17, 15) is 0 Å². The molecule has 1 aromatic rings. The van der Waals surface area contributed by atoms with E-state index in [1.54, 1.807) is 11.3 Å². The molecular weight excluding hydrogens is 248 g/mol. The third-order valence-corrected chi connectivity index (χ3v) is 3.44. The Bertz CT molecular complexity index is 260. The summed E-state index contributed by atoms with van der Waals surface area (Å²) in [6.07, 6.45) is 0. The van der Waals surface area contributed by atoms with E-state index >= 15 is 0 Å². The standard InChI is InChI=1S/C9H15BrN2S/c1-6(2)12-7(5-11)8-3-4-9(10)13-8/h3-4,6-7,12H,5,11H2,1-2H3. The van der Waals surface area contributed by atoms with Gasteiger partial charge in [-0.1, -0.05) is 13.8 Å². The Morgan fingerprint density at radius 2 is 2.23 bits per heavy atom. The first-order valence-electron chi connectivity index (χ1n) is 4.35. The number of hydrogen-bond acceptors (Lipinski definition) is 3. The Labute approximate surface area is 91.7 Å². The van der Waals surface area contributed by atoms with Gasteiger partial charge in [-0.05, 0) is 28.1 Å². The maximum Gasteiger partial charge on any atom is 0.0702 e. The molecule has 0 saturated carbocycles. The molecule has 4 heteroatoms. The molecule has 0 spiro atoms. The van der Waals surface area contributed by atoms with E-state index in [2.05, 4.69) is 47.2 Å². The monoisotopic (exact) mass is 262 g/mol. The molecule has 0 amide bonds. The van der Waals surface area contributed by atoms with Crippen LogP contribution in [0.1, 0.15) is 24.8 Å². The molecule has 74 valence electrons. The highest BCUT2D eigenvalue weighted by molar-refractivity contribution is 9.11. The molecule has 0 aliphatic heterocycles. The van der Waals surface area contributed by atoms with E-state index in [-0.39, 0.29) is 6.04 Å². The highest BCUT2D eigenvalue weighted by atomic mass is 79.9. The van der Waals surface area contributed by atoms with Gasteiger partial charge in [-0.3, -0.25) is 0 Å². The van der Waals surface area contributed by atoms with Crippen LogP contribution < -0.4 is 11.1 Å². The molecule has 1 unspecified atom stereocenters. The molecule has 0 aromatic carbocycles. The number of thiophene rings is 1. The minimum Gasteiger partial charge on any atom is -0.329 e. The van der Waals surface area contributed by atoms with Crippen LogP contribution in [0.15, 0.2) is 15.9 Å². The average molecular weight is 263 g/mol. The van der Waals surface area contributed by atoms with Gasteiger partial charge in [0.1, 0.15) is 0 Å². The molecule has 1 atom stereocenters. The zero-order valence-electron chi connectivity index (χ0n) is 7.88. The van der Waals surface area contributed by atoms with Crippen molar-refractivity contribution < 1.29 is 0 Å². The van der Waals surface area contributed by atoms with Crippen LogP contribution in [0.2, 0.25) is 0 Å². The Morgan fingerprint density at radius 3 is 2.62 bits per heavy atom. The number of nitrogens with one attached hydrogen (secondary N) is 1. The third-order valence-electron chi connectivity index (χ3n) is 1.71. The molecule has 13 heavy (non-hydrogen) atoms. The van der Waals surface area contributed by atoms with Crippen LogP contribution in [0, 0.1) is 0 Å². The Hall–Kier alpha value is 0.1000. The minimum atomic E-state index is 0.288. The summed E-state index contributed by atoms with van der Waals surface area (Å²) in [6, 6.07) is 4.93. The van der Waals surface area contributed by atoms with E-state index in [0.717, 1.165) is 3.79 Å². The lowest BCUT2D eigenvalue weighted by Crippen LogP contribution is -2.32. The Kier molecular flexibility index (Phi) is 4.38. The van der Waals surface area contributed by atoms with Gasteiger partial charge in [-0.2, -0.15) is 0 Å². The van der Waals surface area contributed by atoms with Gasteiger partial charge in [0.15, 0.2) is 0 Å². The second-order valence-electron chi connectivity index (χ2n) is 3.25. The molecule has 0 aliphatic rings. The first-order chi connectivity index (χ1) is 6.13. The van der Waals surface area contributed by atoms with Crippen LogP contribution in [0.5, 0.6) is 0 Å². The van der Waals surface area contributed by atoms with Crippen molar-refractivity contribution in [3.8, 4) is 0 Å². The first kappa shape index (κ1) is 11.2. The minimum absolute atomic E-state index is 0.288. The van der Waals surface area contributed by atoms with Gasteiger partial charge in [0, 0.05) is 17.5 Å². The van der Waals surface area contributed by atoms with Crippen molar-refractivity contribution in [3.05, 3.63) is 20.8 Å². The average Bonchev–Trinajstić information content (AvgIpc) is 2.47. The number of rotatable bonds is 4. The molecule has 1 rings (SSSR count). The second kappa shape index (κ2) is 5.10. The summed E-state index contributed by atoms with van der Waals surface area (Å²) in [5.41, 5.74) is 5.69. The smallest absolute Gasteiger partial charge is 0.0702 e. The summed E-state index contributed by atoms with van der Waals surface area (Å²) in [6.45, 7) is 4.90. The number of hydrogen-bond donors (Lipinski definition) is 2. The summed E-state index contributed by atoms with van der Waals surface area (Å²) < 4.78 is 1.16.